The van der Waals surface area contributed by atoms with Crippen molar-refractivity contribution in [3.63, 3.8) is 0 Å². The van der Waals surface area contributed by atoms with Crippen molar-refractivity contribution in [2.24, 2.45) is 0 Å². The molecule has 1 unspecified atom stereocenters. The van der Waals surface area contributed by atoms with E-state index in [-0.39, 0.29) is 18.3 Å². The molecule has 1 aliphatic rings. The number of hydrogen-bond donors (Lipinski definition) is 1. The van der Waals surface area contributed by atoms with Gasteiger partial charge in [0, 0.05) is 31.9 Å². The number of nitrogens with zero attached hydrogens (tertiary/aromatic N) is 3. The number of likely N-dealkylation sites (N-methyl/N-ethyl adjacent to an activating group) is 1. The number of piperidine rings is 1. The summed E-state index contributed by atoms with van der Waals surface area (Å²) in [5, 5.41) is 2.93. The van der Waals surface area contributed by atoms with Crippen molar-refractivity contribution in [3.05, 3.63) is 18.2 Å². The minimum absolute atomic E-state index is 0. The van der Waals surface area contributed by atoms with E-state index < -0.39 is 0 Å². The van der Waals surface area contributed by atoms with Gasteiger partial charge in [0.2, 0.25) is 5.91 Å². The topological polar surface area (TPSA) is 50.2 Å². The van der Waals surface area contributed by atoms with Gasteiger partial charge >= 0.3 is 0 Å². The van der Waals surface area contributed by atoms with Crippen LogP contribution in [-0.2, 0) is 11.2 Å². The number of hydrogen-bond acceptors (Lipinski definition) is 3. The Hall–Kier alpha value is -1.07. The molecule has 0 spiro atoms. The first-order valence-corrected chi connectivity index (χ1v) is 6.70. The summed E-state index contributed by atoms with van der Waals surface area (Å²) < 4.78 is 2.23. The smallest absolute Gasteiger partial charge is 0.236 e. The van der Waals surface area contributed by atoms with Gasteiger partial charge in [-0.15, -0.1) is 12.4 Å². The molecule has 1 saturated heterocycles. The van der Waals surface area contributed by atoms with Gasteiger partial charge in [-0.2, -0.15) is 0 Å². The summed E-state index contributed by atoms with van der Waals surface area (Å²) in [5.41, 5.74) is 0. The molecule has 19 heavy (non-hydrogen) atoms. The van der Waals surface area contributed by atoms with Crippen LogP contribution in [0.5, 0.6) is 0 Å². The van der Waals surface area contributed by atoms with Crippen LogP contribution in [0.2, 0.25) is 0 Å². The molecule has 1 atom stereocenters. The largest absolute Gasteiger partial charge is 0.340 e. The Bertz CT molecular complexity index is 407. The standard InChI is InChI=1S/C13H22N4O.ClH/c1-3-12-15-6-8-17(12)11-5-4-7-16(10-11)13(18)9-14-2;/h6,8,11,14H,3-5,7,9-10H2,1-2H3;1H. The summed E-state index contributed by atoms with van der Waals surface area (Å²) in [6, 6.07) is 0.386. The van der Waals surface area contributed by atoms with E-state index in [0.29, 0.717) is 12.6 Å². The van der Waals surface area contributed by atoms with Crippen LogP contribution in [0.1, 0.15) is 31.6 Å². The molecule has 6 heteroatoms. The molecule has 1 amide bonds. The first-order valence-electron chi connectivity index (χ1n) is 6.70. The molecule has 5 nitrogen and oxygen atoms in total. The highest BCUT2D eigenvalue weighted by Gasteiger charge is 2.25. The molecule has 0 aliphatic carbocycles. The summed E-state index contributed by atoms with van der Waals surface area (Å²) in [7, 11) is 1.81. The first kappa shape index (κ1) is 16.0. The third-order valence-corrected chi connectivity index (χ3v) is 3.54. The van der Waals surface area contributed by atoms with Crippen LogP contribution in [0.3, 0.4) is 0 Å². The van der Waals surface area contributed by atoms with E-state index in [1.807, 2.05) is 24.3 Å². The zero-order valence-corrected chi connectivity index (χ0v) is 12.4. The average Bonchev–Trinajstić information content (AvgIpc) is 2.87. The molecule has 1 fully saturated rings. The van der Waals surface area contributed by atoms with Gasteiger partial charge in [0.05, 0.1) is 12.6 Å². The van der Waals surface area contributed by atoms with E-state index >= 15 is 0 Å². The van der Waals surface area contributed by atoms with Crippen LogP contribution in [0.25, 0.3) is 0 Å². The minimum atomic E-state index is 0. The zero-order chi connectivity index (χ0) is 13.0. The molecule has 0 bridgehead atoms. The quantitative estimate of drug-likeness (QED) is 0.906. The summed E-state index contributed by atoms with van der Waals surface area (Å²) in [6.07, 6.45) is 7.03. The summed E-state index contributed by atoms with van der Waals surface area (Å²) in [5.74, 6) is 1.31. The van der Waals surface area contributed by atoms with Crippen LogP contribution < -0.4 is 5.32 Å². The minimum Gasteiger partial charge on any atom is -0.340 e. The first-order chi connectivity index (χ1) is 8.76. The maximum Gasteiger partial charge on any atom is 0.236 e. The number of carbonyl (C=O) groups excluding carboxylic acids is 1. The molecule has 1 aromatic rings. The van der Waals surface area contributed by atoms with Crippen LogP contribution in [-0.4, -0.2) is 47.0 Å². The van der Waals surface area contributed by atoms with Crippen molar-refractivity contribution in [2.75, 3.05) is 26.7 Å². The molecule has 1 aromatic heterocycles. The number of rotatable bonds is 4. The monoisotopic (exact) mass is 286 g/mol. The van der Waals surface area contributed by atoms with E-state index in [2.05, 4.69) is 21.8 Å². The fraction of sp³-hybridized carbons (Fsp3) is 0.692. The second-order valence-electron chi connectivity index (χ2n) is 4.77. The highest BCUT2D eigenvalue weighted by molar-refractivity contribution is 5.85. The Labute approximate surface area is 120 Å². The Morgan fingerprint density at radius 3 is 3.05 bits per heavy atom. The van der Waals surface area contributed by atoms with E-state index in [9.17, 15) is 4.79 Å². The van der Waals surface area contributed by atoms with Gasteiger partial charge in [0.25, 0.3) is 0 Å². The van der Waals surface area contributed by atoms with Crippen LogP contribution in [0.4, 0.5) is 0 Å². The lowest BCUT2D eigenvalue weighted by Gasteiger charge is -2.34. The number of likely N-dealkylation sites (tertiary alicyclic amines) is 1. The Kier molecular flexibility index (Phi) is 6.31. The van der Waals surface area contributed by atoms with Crippen molar-refractivity contribution in [1.29, 1.82) is 0 Å². The van der Waals surface area contributed by atoms with Crippen molar-refractivity contribution < 1.29 is 4.79 Å². The maximum atomic E-state index is 11.9. The molecule has 0 saturated carbocycles. The van der Waals surface area contributed by atoms with E-state index in [0.717, 1.165) is 38.2 Å². The SMILES string of the molecule is CCc1nccn1C1CCCN(C(=O)CNC)C1.Cl. The van der Waals surface area contributed by atoms with Gasteiger partial charge in [-0.05, 0) is 19.9 Å². The van der Waals surface area contributed by atoms with Gasteiger partial charge in [-0.25, -0.2) is 4.98 Å². The predicted molar refractivity (Wildman–Crippen MR) is 77.6 cm³/mol. The van der Waals surface area contributed by atoms with E-state index in [4.69, 9.17) is 0 Å². The molecule has 1 N–H and O–H groups in total. The number of amides is 1. The molecular weight excluding hydrogens is 264 g/mol. The molecule has 0 aromatic carbocycles. The molecular formula is C13H23ClN4O. The van der Waals surface area contributed by atoms with Gasteiger partial charge in [-0.1, -0.05) is 6.92 Å². The second kappa shape index (κ2) is 7.50. The maximum absolute atomic E-state index is 11.9. The molecule has 2 heterocycles. The predicted octanol–water partition coefficient (Wildman–Crippen LogP) is 1.25. The zero-order valence-electron chi connectivity index (χ0n) is 11.6. The Morgan fingerprint density at radius 2 is 2.37 bits per heavy atom. The number of halogens is 1. The number of carbonyl (C=O) groups is 1. The Balaban J connectivity index is 0.00000180. The fourth-order valence-corrected chi connectivity index (χ4v) is 2.62. The third-order valence-electron chi connectivity index (χ3n) is 3.54. The highest BCUT2D eigenvalue weighted by atomic mass is 35.5. The summed E-state index contributed by atoms with van der Waals surface area (Å²) >= 11 is 0. The van der Waals surface area contributed by atoms with Gasteiger partial charge in [-0.3, -0.25) is 4.79 Å². The van der Waals surface area contributed by atoms with Gasteiger partial charge in [0.1, 0.15) is 5.82 Å². The lowest BCUT2D eigenvalue weighted by molar-refractivity contribution is -0.131. The molecule has 108 valence electrons. The normalized spacial score (nSPS) is 19.1. The second-order valence-corrected chi connectivity index (χ2v) is 4.77. The highest BCUT2D eigenvalue weighted by Crippen LogP contribution is 2.22. The van der Waals surface area contributed by atoms with Crippen molar-refractivity contribution in [2.45, 2.75) is 32.2 Å². The number of aryl methyl sites for hydroxylation is 1. The number of nitrogens with one attached hydrogen (secondary N) is 1. The fourth-order valence-electron chi connectivity index (χ4n) is 2.62. The van der Waals surface area contributed by atoms with Crippen LogP contribution in [0.15, 0.2) is 12.4 Å². The number of aromatic nitrogens is 2. The number of imidazole rings is 1. The summed E-state index contributed by atoms with van der Waals surface area (Å²) in [6.45, 7) is 4.24. The van der Waals surface area contributed by atoms with Crippen molar-refractivity contribution >= 4 is 18.3 Å². The van der Waals surface area contributed by atoms with Crippen molar-refractivity contribution in [1.82, 2.24) is 19.8 Å². The molecule has 2 rings (SSSR count). The van der Waals surface area contributed by atoms with E-state index in [1.165, 1.54) is 0 Å². The summed E-state index contributed by atoms with van der Waals surface area (Å²) in [4.78, 5) is 18.2. The lowest BCUT2D eigenvalue weighted by atomic mass is 10.1. The van der Waals surface area contributed by atoms with Gasteiger partial charge < -0.3 is 14.8 Å². The molecule has 1 aliphatic heterocycles. The lowest BCUT2D eigenvalue weighted by Crippen LogP contribution is -2.44. The van der Waals surface area contributed by atoms with E-state index in [1.54, 1.807) is 0 Å². The van der Waals surface area contributed by atoms with Crippen LogP contribution in [0, 0.1) is 0 Å². The molecule has 0 radical (unpaired) electrons. The Morgan fingerprint density at radius 1 is 1.58 bits per heavy atom. The average molecular weight is 287 g/mol. The van der Waals surface area contributed by atoms with Crippen molar-refractivity contribution in [3.8, 4) is 0 Å². The van der Waals surface area contributed by atoms with Gasteiger partial charge in [0.15, 0.2) is 0 Å². The third kappa shape index (κ3) is 3.70. The van der Waals surface area contributed by atoms with Crippen LogP contribution >= 0.6 is 12.4 Å².